The number of phenols is 2. The van der Waals surface area contributed by atoms with Crippen LogP contribution >= 0.6 is 0 Å². The minimum absolute atomic E-state index is 0.243. The average molecular weight is 305 g/mol. The molecule has 0 saturated carbocycles. The molecule has 0 unspecified atom stereocenters. The van der Waals surface area contributed by atoms with Crippen molar-refractivity contribution in [1.29, 1.82) is 0 Å². The molecule has 0 fully saturated rings. The van der Waals surface area contributed by atoms with Crippen molar-refractivity contribution < 1.29 is 35.4 Å². The zero-order valence-electron chi connectivity index (χ0n) is 11.1. The maximum Gasteiger partial charge on any atom is 0.339 e. The topological polar surface area (TPSA) is 144 Å². The third-order valence-electron chi connectivity index (χ3n) is 2.88. The molecule has 0 heterocycles. The van der Waals surface area contributed by atoms with E-state index in [-0.39, 0.29) is 22.6 Å². The molecule has 8 nitrogen and oxygen atoms in total. The molecule has 0 saturated heterocycles. The highest BCUT2D eigenvalue weighted by Gasteiger charge is 2.13. The lowest BCUT2D eigenvalue weighted by molar-refractivity contribution is -0.538. The van der Waals surface area contributed by atoms with Crippen LogP contribution in [-0.2, 0) is 0 Å². The first-order chi connectivity index (χ1) is 10.4. The Labute approximate surface area is 124 Å². The van der Waals surface area contributed by atoms with Crippen molar-refractivity contribution in [1.82, 2.24) is 0 Å². The molecule has 2 rings (SSSR count). The van der Waals surface area contributed by atoms with E-state index >= 15 is 0 Å². The Bertz CT molecular complexity index is 681. The van der Waals surface area contributed by atoms with Crippen LogP contribution in [0.3, 0.4) is 0 Å². The van der Waals surface area contributed by atoms with Crippen molar-refractivity contribution in [3.05, 3.63) is 47.5 Å². The van der Waals surface area contributed by atoms with E-state index in [2.05, 4.69) is 5.43 Å². The number of aromatic hydroxyl groups is 2. The highest BCUT2D eigenvalue weighted by Crippen LogP contribution is 2.21. The second-order valence-corrected chi connectivity index (χ2v) is 4.41. The summed E-state index contributed by atoms with van der Waals surface area (Å²) in [5.74, 6) is -3.22. The highest BCUT2D eigenvalue weighted by molar-refractivity contribution is 5.92. The van der Waals surface area contributed by atoms with Crippen molar-refractivity contribution in [2.24, 2.45) is 0 Å². The summed E-state index contributed by atoms with van der Waals surface area (Å²) in [5, 5.41) is 36.6. The highest BCUT2D eigenvalue weighted by atomic mass is 16.4. The van der Waals surface area contributed by atoms with Crippen molar-refractivity contribution in [2.75, 3.05) is 5.43 Å². The monoisotopic (exact) mass is 305 g/mol. The van der Waals surface area contributed by atoms with E-state index in [9.17, 15) is 19.8 Å². The molecule has 0 aliphatic rings. The van der Waals surface area contributed by atoms with Crippen LogP contribution in [-0.4, -0.2) is 32.4 Å². The van der Waals surface area contributed by atoms with Crippen LogP contribution in [0.5, 0.6) is 11.5 Å². The number of nitrogens with one attached hydrogen (secondary N) is 1. The standard InChI is InChI=1S/C14H12N2O6/c17-11-3-1-7(5-9(11)13(19)20)15-16-8-2-4-12(18)10(6-8)14(21)22/h1-6,15-18H,(H,19,20)(H,21,22)/p+1. The quantitative estimate of drug-likeness (QED) is 0.207. The predicted octanol–water partition coefficient (Wildman–Crippen LogP) is 0.716. The smallest absolute Gasteiger partial charge is 0.339 e. The molecule has 0 amide bonds. The van der Waals surface area contributed by atoms with Crippen molar-refractivity contribution in [3.8, 4) is 11.5 Å². The second-order valence-electron chi connectivity index (χ2n) is 4.41. The number of anilines is 1. The van der Waals surface area contributed by atoms with Crippen molar-refractivity contribution in [2.45, 2.75) is 0 Å². The molecule has 2 aromatic carbocycles. The van der Waals surface area contributed by atoms with Crippen LogP contribution in [0, 0.1) is 0 Å². The fourth-order valence-electron chi connectivity index (χ4n) is 1.78. The number of carbonyl (C=O) groups is 2. The Morgan fingerprint density at radius 3 is 2.00 bits per heavy atom. The summed E-state index contributed by atoms with van der Waals surface area (Å²) >= 11 is 0. The lowest BCUT2D eigenvalue weighted by atomic mass is 10.2. The number of benzene rings is 2. The molecular weight excluding hydrogens is 292 g/mol. The first kappa shape index (κ1) is 15.1. The van der Waals surface area contributed by atoms with Gasteiger partial charge in [0, 0.05) is 12.1 Å². The van der Waals surface area contributed by atoms with Gasteiger partial charge in [-0.2, -0.15) is 0 Å². The van der Waals surface area contributed by atoms with Crippen LogP contribution in [0.25, 0.3) is 0 Å². The largest absolute Gasteiger partial charge is 0.507 e. The first-order valence-corrected chi connectivity index (χ1v) is 6.11. The molecule has 0 aliphatic carbocycles. The molecule has 0 bridgehead atoms. The predicted molar refractivity (Wildman–Crippen MR) is 75.3 cm³/mol. The molecule has 22 heavy (non-hydrogen) atoms. The van der Waals surface area contributed by atoms with Gasteiger partial charge in [0.15, 0.2) is 5.69 Å². The van der Waals surface area contributed by atoms with Crippen LogP contribution < -0.4 is 10.9 Å². The summed E-state index contributed by atoms with van der Waals surface area (Å²) in [7, 11) is 0. The summed E-state index contributed by atoms with van der Waals surface area (Å²) in [6, 6.07) is 7.95. The molecule has 7 N–H and O–H groups in total. The molecule has 0 aliphatic heterocycles. The number of aromatic carboxylic acids is 2. The number of rotatable bonds is 5. The van der Waals surface area contributed by atoms with Gasteiger partial charge in [-0.05, 0) is 24.3 Å². The van der Waals surface area contributed by atoms with E-state index < -0.39 is 11.9 Å². The number of nitrogens with two attached hydrogens (primary N) is 1. The number of carboxylic acids is 2. The summed E-state index contributed by atoms with van der Waals surface area (Å²) in [5.41, 5.74) is 4.62. The van der Waals surface area contributed by atoms with E-state index in [0.29, 0.717) is 11.4 Å². The van der Waals surface area contributed by atoms with Gasteiger partial charge in [-0.25, -0.2) is 20.4 Å². The molecule has 2 aromatic rings. The third kappa shape index (κ3) is 3.25. The van der Waals surface area contributed by atoms with E-state index in [1.807, 2.05) is 0 Å². The Morgan fingerprint density at radius 2 is 1.41 bits per heavy atom. The van der Waals surface area contributed by atoms with Crippen molar-refractivity contribution in [3.63, 3.8) is 0 Å². The van der Waals surface area contributed by atoms with Gasteiger partial charge in [0.2, 0.25) is 0 Å². The number of hydrogen-bond donors (Lipinski definition) is 6. The first-order valence-electron chi connectivity index (χ1n) is 6.11. The van der Waals surface area contributed by atoms with Gasteiger partial charge in [0.25, 0.3) is 0 Å². The van der Waals surface area contributed by atoms with Gasteiger partial charge in [0.1, 0.15) is 22.6 Å². The van der Waals surface area contributed by atoms with E-state index in [1.54, 1.807) is 0 Å². The lowest BCUT2D eigenvalue weighted by Gasteiger charge is -2.07. The second kappa shape index (κ2) is 6.02. The zero-order chi connectivity index (χ0) is 16.3. The maximum absolute atomic E-state index is 10.9. The fourth-order valence-corrected chi connectivity index (χ4v) is 1.78. The van der Waals surface area contributed by atoms with Gasteiger partial charge in [-0.1, -0.05) is 0 Å². The molecule has 0 aromatic heterocycles. The molecule has 0 spiro atoms. The molecule has 114 valence electrons. The summed E-state index contributed by atoms with van der Waals surface area (Å²) < 4.78 is 0. The molecule has 0 radical (unpaired) electrons. The lowest BCUT2D eigenvalue weighted by Crippen LogP contribution is -2.82. The Balaban J connectivity index is 2.17. The maximum atomic E-state index is 10.9. The van der Waals surface area contributed by atoms with Gasteiger partial charge in [-0.3, -0.25) is 0 Å². The zero-order valence-corrected chi connectivity index (χ0v) is 11.1. The molecule has 0 atom stereocenters. The summed E-state index contributed by atoms with van der Waals surface area (Å²) in [6.45, 7) is 0. The number of nitrogen functional groups attached to an aromatic ring is 1. The minimum Gasteiger partial charge on any atom is -0.507 e. The fraction of sp³-hybridized carbons (Fsp3) is 0. The Hall–Kier alpha value is -3.26. The molecule has 8 heteroatoms. The van der Waals surface area contributed by atoms with Crippen LogP contribution in [0.1, 0.15) is 20.7 Å². The summed E-state index contributed by atoms with van der Waals surface area (Å²) in [4.78, 5) is 21.8. The van der Waals surface area contributed by atoms with Gasteiger partial charge in [0.05, 0.1) is 5.69 Å². The number of carboxylic acid groups (broad SMARTS) is 2. The van der Waals surface area contributed by atoms with Crippen LogP contribution in [0.15, 0.2) is 36.4 Å². The Kier molecular flexibility index (Phi) is 4.14. The number of hydrogen-bond acceptors (Lipinski definition) is 5. The number of quaternary nitrogens is 1. The Morgan fingerprint density at radius 1 is 0.864 bits per heavy atom. The molecular formula is C14H13N2O6+. The van der Waals surface area contributed by atoms with E-state index in [1.165, 1.54) is 41.8 Å². The normalized spacial score (nSPS) is 10.2. The van der Waals surface area contributed by atoms with E-state index in [0.717, 1.165) is 0 Å². The van der Waals surface area contributed by atoms with Gasteiger partial charge < -0.3 is 20.4 Å². The average Bonchev–Trinajstić information content (AvgIpc) is 2.47. The minimum atomic E-state index is -1.26. The van der Waals surface area contributed by atoms with Gasteiger partial charge in [-0.15, -0.1) is 0 Å². The third-order valence-corrected chi connectivity index (χ3v) is 2.88. The van der Waals surface area contributed by atoms with Gasteiger partial charge >= 0.3 is 11.9 Å². The van der Waals surface area contributed by atoms with E-state index in [4.69, 9.17) is 10.2 Å². The van der Waals surface area contributed by atoms with Crippen LogP contribution in [0.2, 0.25) is 0 Å². The van der Waals surface area contributed by atoms with Crippen LogP contribution in [0.4, 0.5) is 11.4 Å². The van der Waals surface area contributed by atoms with Crippen molar-refractivity contribution >= 4 is 23.3 Å². The SMILES string of the molecule is O=C(O)c1cc(N[NH2+]c2ccc(O)c(C(=O)O)c2)ccc1O. The summed E-state index contributed by atoms with van der Waals surface area (Å²) in [6.07, 6.45) is 0.